The Morgan fingerprint density at radius 2 is 1.74 bits per heavy atom. The molecule has 10 heteroatoms. The van der Waals surface area contributed by atoms with Gasteiger partial charge >= 0.3 is 0 Å². The Bertz CT molecular complexity index is 1260. The first kappa shape index (κ1) is 30.7. The Morgan fingerprint density at radius 3 is 2.26 bits per heavy atom. The number of carbonyl (C=O) groups excluding carboxylic acids is 3. The van der Waals surface area contributed by atoms with Gasteiger partial charge in [0.2, 0.25) is 6.41 Å². The number of aromatic nitrogens is 1. The van der Waals surface area contributed by atoms with Gasteiger partial charge in [0.1, 0.15) is 11.6 Å². The van der Waals surface area contributed by atoms with E-state index in [1.165, 1.54) is 23.2 Å². The lowest BCUT2D eigenvalue weighted by Crippen LogP contribution is -2.28. The minimum Gasteiger partial charge on any atom is -0.379 e. The van der Waals surface area contributed by atoms with Crippen LogP contribution in [0.15, 0.2) is 59.2 Å². The van der Waals surface area contributed by atoms with Crippen molar-refractivity contribution >= 4 is 40.2 Å². The monoisotopic (exact) mass is 589 g/mol. The quantitative estimate of drug-likeness (QED) is 0.342. The number of amides is 2. The van der Waals surface area contributed by atoms with Crippen molar-refractivity contribution in [2.45, 2.75) is 38.8 Å². The molecule has 1 heterocycles. The summed E-state index contributed by atoms with van der Waals surface area (Å²) in [7, 11) is 3.25. The Balaban J connectivity index is 0.000000757. The van der Waals surface area contributed by atoms with E-state index >= 15 is 0 Å². The van der Waals surface area contributed by atoms with Gasteiger partial charge in [-0.05, 0) is 73.0 Å². The van der Waals surface area contributed by atoms with Crippen molar-refractivity contribution in [2.24, 2.45) is 0 Å². The maximum atomic E-state index is 13.5. The number of aldehydes is 1. The van der Waals surface area contributed by atoms with Gasteiger partial charge in [-0.25, -0.2) is 8.78 Å². The SMILES string of the molecule is CN(C(=O)c1ccccc1C=O)c1cnc(C(Cc2cc(F)cc(F)c2)NC=O)c(Br)c1.COC(C)(C)C. The molecule has 7 nitrogen and oxygen atoms in total. The van der Waals surface area contributed by atoms with Gasteiger partial charge in [0.25, 0.3) is 5.91 Å². The fourth-order valence-electron chi connectivity index (χ4n) is 3.25. The molecule has 1 unspecified atom stereocenters. The summed E-state index contributed by atoms with van der Waals surface area (Å²) in [4.78, 5) is 40.9. The summed E-state index contributed by atoms with van der Waals surface area (Å²) in [5.41, 5.74) is 1.76. The molecule has 0 aliphatic heterocycles. The highest BCUT2D eigenvalue weighted by atomic mass is 79.9. The van der Waals surface area contributed by atoms with Gasteiger partial charge < -0.3 is 15.0 Å². The molecule has 38 heavy (non-hydrogen) atoms. The summed E-state index contributed by atoms with van der Waals surface area (Å²) in [5, 5.41) is 2.60. The number of ether oxygens (including phenoxy) is 1. The summed E-state index contributed by atoms with van der Waals surface area (Å²) >= 11 is 3.40. The zero-order valence-electron chi connectivity index (χ0n) is 21.8. The molecule has 0 radical (unpaired) electrons. The van der Waals surface area contributed by atoms with Gasteiger partial charge in [-0.15, -0.1) is 0 Å². The maximum absolute atomic E-state index is 13.5. The molecule has 3 rings (SSSR count). The largest absolute Gasteiger partial charge is 0.379 e. The van der Waals surface area contributed by atoms with Crippen molar-refractivity contribution in [1.29, 1.82) is 0 Å². The van der Waals surface area contributed by atoms with Gasteiger partial charge in [0.15, 0.2) is 6.29 Å². The van der Waals surface area contributed by atoms with Crippen LogP contribution in [0.1, 0.15) is 58.8 Å². The minimum absolute atomic E-state index is 0.0417. The molecule has 0 bridgehead atoms. The topological polar surface area (TPSA) is 88.6 Å². The van der Waals surface area contributed by atoms with Crippen LogP contribution in [0.3, 0.4) is 0 Å². The van der Waals surface area contributed by atoms with Gasteiger partial charge in [-0.2, -0.15) is 0 Å². The third-order valence-electron chi connectivity index (χ3n) is 5.44. The van der Waals surface area contributed by atoms with E-state index in [2.05, 4.69) is 26.2 Å². The fourth-order valence-corrected chi connectivity index (χ4v) is 3.87. The third-order valence-corrected chi connectivity index (χ3v) is 6.07. The molecule has 0 spiro atoms. The first-order valence-corrected chi connectivity index (χ1v) is 12.4. The van der Waals surface area contributed by atoms with Crippen LogP contribution in [-0.4, -0.2) is 43.3 Å². The molecule has 3 aromatic rings. The van der Waals surface area contributed by atoms with Crippen molar-refractivity contribution in [2.75, 3.05) is 19.1 Å². The van der Waals surface area contributed by atoms with Crippen LogP contribution in [0, 0.1) is 11.6 Å². The van der Waals surface area contributed by atoms with Crippen LogP contribution in [-0.2, 0) is 16.0 Å². The van der Waals surface area contributed by atoms with E-state index in [0.29, 0.717) is 34.1 Å². The second kappa shape index (κ2) is 13.9. The number of rotatable bonds is 8. The number of nitrogens with one attached hydrogen (secondary N) is 1. The molecule has 2 amide bonds. The van der Waals surface area contributed by atoms with Crippen LogP contribution in [0.2, 0.25) is 0 Å². The van der Waals surface area contributed by atoms with Gasteiger partial charge in [-0.3, -0.25) is 19.4 Å². The number of anilines is 1. The fraction of sp³-hybridized carbons (Fsp3) is 0.286. The molecule has 0 aliphatic carbocycles. The average molecular weight is 590 g/mol. The van der Waals surface area contributed by atoms with Crippen molar-refractivity contribution in [3.05, 3.63) is 93.2 Å². The number of halogens is 3. The molecule has 0 aliphatic rings. The van der Waals surface area contributed by atoms with E-state index in [-0.39, 0.29) is 23.1 Å². The molecular formula is C28H30BrF2N3O4. The summed E-state index contributed by atoms with van der Waals surface area (Å²) in [6.07, 6.45) is 2.63. The zero-order chi connectivity index (χ0) is 28.5. The lowest BCUT2D eigenvalue weighted by atomic mass is 10.0. The predicted molar refractivity (Wildman–Crippen MR) is 145 cm³/mol. The first-order chi connectivity index (χ1) is 17.9. The van der Waals surface area contributed by atoms with Crippen molar-refractivity contribution in [3.8, 4) is 0 Å². The van der Waals surface area contributed by atoms with Crippen LogP contribution in [0.25, 0.3) is 0 Å². The Morgan fingerprint density at radius 1 is 1.13 bits per heavy atom. The zero-order valence-corrected chi connectivity index (χ0v) is 23.4. The Labute approximate surface area is 229 Å². The van der Waals surface area contributed by atoms with Gasteiger partial charge in [-0.1, -0.05) is 18.2 Å². The molecule has 1 N–H and O–H groups in total. The number of methoxy groups -OCH3 is 1. The molecule has 1 aromatic heterocycles. The lowest BCUT2D eigenvalue weighted by Gasteiger charge is -2.21. The summed E-state index contributed by atoms with van der Waals surface area (Å²) in [5.74, 6) is -1.84. The predicted octanol–water partition coefficient (Wildman–Crippen LogP) is 5.67. The van der Waals surface area contributed by atoms with Crippen LogP contribution in [0.4, 0.5) is 14.5 Å². The molecule has 202 valence electrons. The van der Waals surface area contributed by atoms with E-state index in [0.717, 1.165) is 6.07 Å². The number of benzene rings is 2. The summed E-state index contributed by atoms with van der Waals surface area (Å²) in [6.45, 7) is 6.06. The smallest absolute Gasteiger partial charge is 0.258 e. The number of nitrogens with zero attached hydrogens (tertiary/aromatic N) is 2. The van der Waals surface area contributed by atoms with Crippen molar-refractivity contribution in [1.82, 2.24) is 10.3 Å². The first-order valence-electron chi connectivity index (χ1n) is 11.6. The third kappa shape index (κ3) is 8.81. The van der Waals surface area contributed by atoms with Gasteiger partial charge in [0, 0.05) is 30.3 Å². The average Bonchev–Trinajstić information content (AvgIpc) is 2.87. The highest BCUT2D eigenvalue weighted by Crippen LogP contribution is 2.29. The van der Waals surface area contributed by atoms with E-state index in [1.807, 2.05) is 20.8 Å². The van der Waals surface area contributed by atoms with E-state index < -0.39 is 23.6 Å². The maximum Gasteiger partial charge on any atom is 0.258 e. The van der Waals surface area contributed by atoms with Crippen molar-refractivity contribution < 1.29 is 27.9 Å². The van der Waals surface area contributed by atoms with Gasteiger partial charge in [0.05, 0.1) is 34.8 Å². The molecule has 0 saturated heterocycles. The molecular weight excluding hydrogens is 560 g/mol. The molecule has 1 atom stereocenters. The second-order valence-corrected chi connectivity index (χ2v) is 10.1. The summed E-state index contributed by atoms with van der Waals surface area (Å²) in [6, 6.07) is 10.5. The number of hydrogen-bond acceptors (Lipinski definition) is 5. The van der Waals surface area contributed by atoms with E-state index in [4.69, 9.17) is 4.74 Å². The summed E-state index contributed by atoms with van der Waals surface area (Å²) < 4.78 is 32.5. The molecule has 0 fully saturated rings. The van der Waals surface area contributed by atoms with E-state index in [1.54, 1.807) is 44.5 Å². The second-order valence-electron chi connectivity index (χ2n) is 9.27. The van der Waals surface area contributed by atoms with Crippen LogP contribution in [0.5, 0.6) is 0 Å². The highest BCUT2D eigenvalue weighted by molar-refractivity contribution is 9.10. The standard InChI is InChI=1S/C23H18BrF2N3O3.C5H12O/c1-29(23(32)19-5-3-2-4-15(19)12-30)18-10-20(24)22(27-11-18)21(28-13-31)8-14-6-16(25)9-17(26)7-14;1-5(2,3)6-4/h2-7,9-13,21H,8H2,1H3,(H,28,31);1-4H3. The van der Waals surface area contributed by atoms with Crippen LogP contribution < -0.4 is 10.2 Å². The Kier molecular flexibility index (Phi) is 11.2. The van der Waals surface area contributed by atoms with Crippen molar-refractivity contribution in [3.63, 3.8) is 0 Å². The normalized spacial score (nSPS) is 11.6. The highest BCUT2D eigenvalue weighted by Gasteiger charge is 2.21. The van der Waals surface area contributed by atoms with Crippen LogP contribution >= 0.6 is 15.9 Å². The lowest BCUT2D eigenvalue weighted by molar-refractivity contribution is -0.110. The van der Waals surface area contributed by atoms with E-state index in [9.17, 15) is 23.2 Å². The molecule has 2 aromatic carbocycles. The number of carbonyl (C=O) groups is 3. The number of pyridine rings is 1. The Hall–Kier alpha value is -3.50. The molecule has 0 saturated carbocycles. The minimum atomic E-state index is -0.719. The number of hydrogen-bond donors (Lipinski definition) is 1.